The van der Waals surface area contributed by atoms with E-state index in [2.05, 4.69) is 85.8 Å². The van der Waals surface area contributed by atoms with Crippen molar-refractivity contribution in [3.05, 3.63) is 108 Å². The first-order chi connectivity index (χ1) is 13.1. The Labute approximate surface area is 160 Å². The van der Waals surface area contributed by atoms with Crippen LogP contribution in [0.2, 0.25) is 0 Å². The summed E-state index contributed by atoms with van der Waals surface area (Å²) < 4.78 is 0. The van der Waals surface area contributed by atoms with Crippen LogP contribution < -0.4 is 11.5 Å². The number of anilines is 1. The van der Waals surface area contributed by atoms with Crippen molar-refractivity contribution >= 4 is 11.3 Å². The maximum absolute atomic E-state index is 6.88. The van der Waals surface area contributed by atoms with Crippen molar-refractivity contribution < 1.29 is 0 Å². The predicted octanol–water partition coefficient (Wildman–Crippen LogP) is 5.44. The summed E-state index contributed by atoms with van der Waals surface area (Å²) >= 11 is 0. The van der Waals surface area contributed by atoms with Gasteiger partial charge < -0.3 is 11.5 Å². The Morgan fingerprint density at radius 3 is 2.15 bits per heavy atom. The zero-order valence-electron chi connectivity index (χ0n) is 15.5. The van der Waals surface area contributed by atoms with Gasteiger partial charge in [-0.2, -0.15) is 0 Å². The zero-order chi connectivity index (χ0) is 18.9. The SMILES string of the molecule is Cc1ccccc1-c1ccccc1C1(N)C=CC(c2ccc(N)cc2)=CC1. The largest absolute Gasteiger partial charge is 0.399 e. The average molecular weight is 352 g/mol. The van der Waals surface area contributed by atoms with Crippen molar-refractivity contribution in [1.29, 1.82) is 0 Å². The molecule has 0 saturated heterocycles. The van der Waals surface area contributed by atoms with E-state index in [1.54, 1.807) is 0 Å². The van der Waals surface area contributed by atoms with Gasteiger partial charge in [-0.3, -0.25) is 0 Å². The van der Waals surface area contributed by atoms with Crippen LogP contribution in [0.3, 0.4) is 0 Å². The van der Waals surface area contributed by atoms with Crippen LogP contribution in [-0.4, -0.2) is 0 Å². The molecule has 2 nitrogen and oxygen atoms in total. The van der Waals surface area contributed by atoms with Crippen molar-refractivity contribution in [3.8, 4) is 11.1 Å². The lowest BCUT2D eigenvalue weighted by atomic mass is 9.78. The smallest absolute Gasteiger partial charge is 0.0639 e. The van der Waals surface area contributed by atoms with E-state index >= 15 is 0 Å². The molecule has 2 heteroatoms. The highest BCUT2D eigenvalue weighted by atomic mass is 14.7. The molecule has 0 amide bonds. The number of nitrogen functional groups attached to an aromatic ring is 1. The second-order valence-electron chi connectivity index (χ2n) is 7.22. The Morgan fingerprint density at radius 2 is 1.48 bits per heavy atom. The number of aryl methyl sites for hydroxylation is 1. The molecule has 0 saturated carbocycles. The summed E-state index contributed by atoms with van der Waals surface area (Å²) in [6, 6.07) is 24.9. The van der Waals surface area contributed by atoms with E-state index in [-0.39, 0.29) is 0 Å². The number of allylic oxidation sites excluding steroid dienone is 2. The van der Waals surface area contributed by atoms with Crippen molar-refractivity contribution in [1.82, 2.24) is 0 Å². The fourth-order valence-electron chi connectivity index (χ4n) is 3.74. The highest BCUT2D eigenvalue weighted by Crippen LogP contribution is 2.38. The topological polar surface area (TPSA) is 52.0 Å². The number of benzene rings is 3. The highest BCUT2D eigenvalue weighted by Gasteiger charge is 2.28. The summed E-state index contributed by atoms with van der Waals surface area (Å²) in [5.74, 6) is 0. The molecule has 0 heterocycles. The molecule has 1 unspecified atom stereocenters. The van der Waals surface area contributed by atoms with E-state index in [0.717, 1.165) is 23.2 Å². The predicted molar refractivity (Wildman–Crippen MR) is 115 cm³/mol. The van der Waals surface area contributed by atoms with Gasteiger partial charge in [0.25, 0.3) is 0 Å². The van der Waals surface area contributed by atoms with Crippen molar-refractivity contribution in [2.75, 3.05) is 5.73 Å². The van der Waals surface area contributed by atoms with Crippen molar-refractivity contribution in [2.24, 2.45) is 5.73 Å². The van der Waals surface area contributed by atoms with Gasteiger partial charge in [0.1, 0.15) is 0 Å². The third-order valence-corrected chi connectivity index (χ3v) is 5.33. The zero-order valence-corrected chi connectivity index (χ0v) is 15.5. The number of rotatable bonds is 3. The van der Waals surface area contributed by atoms with E-state index in [1.165, 1.54) is 22.3 Å². The molecular weight excluding hydrogens is 328 g/mol. The van der Waals surface area contributed by atoms with Gasteiger partial charge in [-0.15, -0.1) is 0 Å². The first-order valence-electron chi connectivity index (χ1n) is 9.26. The monoisotopic (exact) mass is 352 g/mol. The van der Waals surface area contributed by atoms with Gasteiger partial charge in [0.05, 0.1) is 5.54 Å². The van der Waals surface area contributed by atoms with Crippen LogP contribution in [0.5, 0.6) is 0 Å². The van der Waals surface area contributed by atoms with Crippen LogP contribution in [-0.2, 0) is 5.54 Å². The molecule has 0 aliphatic heterocycles. The van der Waals surface area contributed by atoms with E-state index in [4.69, 9.17) is 11.5 Å². The van der Waals surface area contributed by atoms with Crippen molar-refractivity contribution in [3.63, 3.8) is 0 Å². The summed E-state index contributed by atoms with van der Waals surface area (Å²) in [6.07, 6.45) is 7.24. The summed E-state index contributed by atoms with van der Waals surface area (Å²) in [5, 5.41) is 0. The Balaban J connectivity index is 1.71. The molecule has 134 valence electrons. The molecule has 1 atom stereocenters. The summed E-state index contributed by atoms with van der Waals surface area (Å²) in [5.41, 5.74) is 20.1. The number of hydrogen-bond donors (Lipinski definition) is 2. The first-order valence-corrected chi connectivity index (χ1v) is 9.26. The van der Waals surface area contributed by atoms with Gasteiger partial charge in [0.2, 0.25) is 0 Å². The molecule has 0 spiro atoms. The molecule has 1 aliphatic rings. The standard InChI is InChI=1S/C25H24N2/c1-18-6-2-3-7-22(18)23-8-4-5-9-24(23)25(27)16-14-20(15-17-25)19-10-12-21(26)13-11-19/h2-16H,17,26-27H2,1H3. The minimum Gasteiger partial charge on any atom is -0.399 e. The number of hydrogen-bond acceptors (Lipinski definition) is 2. The van der Waals surface area contributed by atoms with Gasteiger partial charge in [-0.25, -0.2) is 0 Å². The lowest BCUT2D eigenvalue weighted by Gasteiger charge is -2.31. The van der Waals surface area contributed by atoms with Crippen LogP contribution in [0, 0.1) is 6.92 Å². The molecule has 27 heavy (non-hydrogen) atoms. The normalized spacial score (nSPS) is 19.0. The maximum Gasteiger partial charge on any atom is 0.0639 e. The third-order valence-electron chi connectivity index (χ3n) is 5.33. The Kier molecular flexibility index (Phi) is 4.43. The molecule has 3 aromatic rings. The molecular formula is C25H24N2. The molecule has 0 radical (unpaired) electrons. The first kappa shape index (κ1) is 17.3. The number of nitrogens with two attached hydrogens (primary N) is 2. The summed E-state index contributed by atoms with van der Waals surface area (Å²) in [4.78, 5) is 0. The molecule has 3 aromatic carbocycles. The van der Waals surface area contributed by atoms with Gasteiger partial charge in [0, 0.05) is 5.69 Å². The Hall–Kier alpha value is -3.10. The van der Waals surface area contributed by atoms with Crippen LogP contribution in [0.1, 0.15) is 23.1 Å². The molecule has 1 aliphatic carbocycles. The molecule has 0 bridgehead atoms. The maximum atomic E-state index is 6.88. The van der Waals surface area contributed by atoms with E-state index < -0.39 is 5.54 Å². The fraction of sp³-hybridized carbons (Fsp3) is 0.120. The second kappa shape index (κ2) is 6.90. The minimum absolute atomic E-state index is 0.518. The van der Waals surface area contributed by atoms with E-state index in [1.807, 2.05) is 12.1 Å². The lowest BCUT2D eigenvalue weighted by Crippen LogP contribution is -2.35. The van der Waals surface area contributed by atoms with Crippen molar-refractivity contribution in [2.45, 2.75) is 18.9 Å². The third kappa shape index (κ3) is 3.32. The summed E-state index contributed by atoms with van der Waals surface area (Å²) in [7, 11) is 0. The molecule has 0 aromatic heterocycles. The summed E-state index contributed by atoms with van der Waals surface area (Å²) in [6.45, 7) is 2.14. The average Bonchev–Trinajstić information content (AvgIpc) is 2.70. The van der Waals surface area contributed by atoms with Gasteiger partial charge >= 0.3 is 0 Å². The van der Waals surface area contributed by atoms with E-state index in [9.17, 15) is 0 Å². The second-order valence-corrected chi connectivity index (χ2v) is 7.22. The quantitative estimate of drug-likeness (QED) is 0.617. The minimum atomic E-state index is -0.518. The Morgan fingerprint density at radius 1 is 0.815 bits per heavy atom. The molecule has 4 N–H and O–H groups in total. The van der Waals surface area contributed by atoms with Gasteiger partial charge in [-0.1, -0.05) is 78.9 Å². The van der Waals surface area contributed by atoms with Crippen LogP contribution in [0.4, 0.5) is 5.69 Å². The highest BCUT2D eigenvalue weighted by molar-refractivity contribution is 5.78. The van der Waals surface area contributed by atoms with Crippen LogP contribution in [0.25, 0.3) is 16.7 Å². The lowest BCUT2D eigenvalue weighted by molar-refractivity contribution is 0.568. The van der Waals surface area contributed by atoms with E-state index in [0.29, 0.717) is 0 Å². The molecule has 0 fully saturated rings. The van der Waals surface area contributed by atoms with Gasteiger partial charge in [-0.05, 0) is 58.9 Å². The van der Waals surface area contributed by atoms with Gasteiger partial charge in [0.15, 0.2) is 0 Å². The fourth-order valence-corrected chi connectivity index (χ4v) is 3.74. The Bertz CT molecular complexity index is 1030. The van der Waals surface area contributed by atoms with Crippen LogP contribution in [0.15, 0.2) is 91.0 Å². The van der Waals surface area contributed by atoms with Crippen LogP contribution >= 0.6 is 0 Å². The molecule has 4 rings (SSSR count).